The van der Waals surface area contributed by atoms with Gasteiger partial charge in [0.05, 0.1) is 7.11 Å². The van der Waals surface area contributed by atoms with Crippen LogP contribution in [0.3, 0.4) is 0 Å². The van der Waals surface area contributed by atoms with Gasteiger partial charge in [0.25, 0.3) is 0 Å². The second-order valence-electron chi connectivity index (χ2n) is 5.54. The molecule has 0 amide bonds. The van der Waals surface area contributed by atoms with Crippen molar-refractivity contribution >= 4 is 5.97 Å². The molecule has 1 unspecified atom stereocenters. The van der Waals surface area contributed by atoms with Crippen molar-refractivity contribution in [3.8, 4) is 0 Å². The van der Waals surface area contributed by atoms with Crippen molar-refractivity contribution < 1.29 is 9.53 Å². The van der Waals surface area contributed by atoms with Crippen LogP contribution >= 0.6 is 0 Å². The number of methoxy groups -OCH3 is 1. The summed E-state index contributed by atoms with van der Waals surface area (Å²) in [6.07, 6.45) is 0. The minimum absolute atomic E-state index is 0.146. The molecular formula is C16H25NO2. The van der Waals surface area contributed by atoms with Gasteiger partial charge in [-0.05, 0) is 17.4 Å². The lowest BCUT2D eigenvalue weighted by atomic mass is 9.93. The van der Waals surface area contributed by atoms with Crippen LogP contribution in [0.15, 0.2) is 30.3 Å². The molecule has 0 aliphatic heterocycles. The number of nitrogens with one attached hydrogen (secondary N) is 1. The van der Waals surface area contributed by atoms with E-state index in [4.69, 9.17) is 4.74 Å². The van der Waals surface area contributed by atoms with Gasteiger partial charge in [-0.3, -0.25) is 10.1 Å². The molecule has 2 atom stereocenters. The molecule has 1 aromatic rings. The van der Waals surface area contributed by atoms with E-state index in [1.807, 2.05) is 32.0 Å². The van der Waals surface area contributed by atoms with Crippen LogP contribution in [0.2, 0.25) is 0 Å². The maximum absolute atomic E-state index is 11.9. The number of hydrogen-bond donors (Lipinski definition) is 1. The maximum Gasteiger partial charge on any atom is 0.323 e. The van der Waals surface area contributed by atoms with E-state index >= 15 is 0 Å². The molecule has 1 aromatic carbocycles. The van der Waals surface area contributed by atoms with E-state index in [0.717, 1.165) is 0 Å². The Morgan fingerprint density at radius 1 is 1.05 bits per heavy atom. The van der Waals surface area contributed by atoms with Gasteiger partial charge in [0.1, 0.15) is 6.04 Å². The molecule has 0 aromatic heterocycles. The van der Waals surface area contributed by atoms with Gasteiger partial charge in [-0.15, -0.1) is 0 Å². The molecule has 0 saturated carbocycles. The first-order valence-corrected chi connectivity index (χ1v) is 6.86. The molecule has 0 aliphatic carbocycles. The molecule has 19 heavy (non-hydrogen) atoms. The van der Waals surface area contributed by atoms with Crippen molar-refractivity contribution in [3.63, 3.8) is 0 Å². The highest BCUT2D eigenvalue weighted by molar-refractivity contribution is 5.76. The Labute approximate surface area is 116 Å². The van der Waals surface area contributed by atoms with Gasteiger partial charge in [-0.1, -0.05) is 58.0 Å². The minimum atomic E-state index is -0.280. The van der Waals surface area contributed by atoms with Gasteiger partial charge >= 0.3 is 5.97 Å². The minimum Gasteiger partial charge on any atom is -0.468 e. The Morgan fingerprint density at radius 2 is 1.63 bits per heavy atom. The Hall–Kier alpha value is -1.35. The molecule has 0 bridgehead atoms. The third-order valence-corrected chi connectivity index (χ3v) is 3.31. The zero-order valence-corrected chi connectivity index (χ0v) is 12.5. The van der Waals surface area contributed by atoms with E-state index in [1.165, 1.54) is 12.7 Å². The number of carbonyl (C=O) groups is 1. The molecule has 3 heteroatoms. The van der Waals surface area contributed by atoms with E-state index in [0.29, 0.717) is 5.92 Å². The molecule has 0 aliphatic rings. The van der Waals surface area contributed by atoms with E-state index in [9.17, 15) is 4.79 Å². The zero-order valence-electron chi connectivity index (χ0n) is 12.5. The smallest absolute Gasteiger partial charge is 0.323 e. The summed E-state index contributed by atoms with van der Waals surface area (Å²) in [7, 11) is 1.44. The molecule has 0 spiro atoms. The van der Waals surface area contributed by atoms with Crippen LogP contribution in [0.4, 0.5) is 0 Å². The van der Waals surface area contributed by atoms with Crippen LogP contribution in [0.1, 0.15) is 39.3 Å². The van der Waals surface area contributed by atoms with Crippen LogP contribution in [-0.4, -0.2) is 19.1 Å². The van der Waals surface area contributed by atoms with Gasteiger partial charge in [-0.25, -0.2) is 0 Å². The lowest BCUT2D eigenvalue weighted by molar-refractivity contribution is -0.144. The average Bonchev–Trinajstić information content (AvgIpc) is 2.39. The molecule has 106 valence electrons. The first kappa shape index (κ1) is 15.7. The predicted molar refractivity (Wildman–Crippen MR) is 77.8 cm³/mol. The summed E-state index contributed by atoms with van der Waals surface area (Å²) in [6, 6.07) is 10.1. The normalized spacial score (nSPS) is 14.5. The summed E-state index contributed by atoms with van der Waals surface area (Å²) in [5.41, 5.74) is 1.20. The highest BCUT2D eigenvalue weighted by Gasteiger charge is 2.27. The molecule has 0 heterocycles. The first-order chi connectivity index (χ1) is 8.97. The average molecular weight is 263 g/mol. The van der Waals surface area contributed by atoms with Crippen molar-refractivity contribution in [2.45, 2.75) is 39.8 Å². The third kappa shape index (κ3) is 4.35. The van der Waals surface area contributed by atoms with Crippen molar-refractivity contribution in [1.82, 2.24) is 5.32 Å². The molecule has 0 saturated heterocycles. The van der Waals surface area contributed by atoms with Crippen LogP contribution in [0.25, 0.3) is 0 Å². The molecule has 0 fully saturated rings. The number of rotatable bonds is 6. The standard InChI is InChI=1S/C16H25NO2/c1-11(2)14(13-9-7-6-8-10-13)17-15(12(3)4)16(18)19-5/h6-12,14-15,17H,1-5H3/t14?,15-/m0/s1. The number of ether oxygens (including phenoxy) is 1. The fourth-order valence-corrected chi connectivity index (χ4v) is 2.19. The Balaban J connectivity index is 2.92. The van der Waals surface area contributed by atoms with Gasteiger partial charge in [-0.2, -0.15) is 0 Å². The van der Waals surface area contributed by atoms with Crippen LogP contribution in [0.5, 0.6) is 0 Å². The van der Waals surface area contributed by atoms with Gasteiger partial charge < -0.3 is 4.74 Å². The van der Waals surface area contributed by atoms with Crippen molar-refractivity contribution in [3.05, 3.63) is 35.9 Å². The second kappa shape index (κ2) is 7.29. The Morgan fingerprint density at radius 3 is 2.05 bits per heavy atom. The molecule has 0 radical (unpaired) electrons. The number of benzene rings is 1. The van der Waals surface area contributed by atoms with Crippen molar-refractivity contribution in [2.75, 3.05) is 7.11 Å². The van der Waals surface area contributed by atoms with E-state index < -0.39 is 0 Å². The van der Waals surface area contributed by atoms with E-state index in [-0.39, 0.29) is 24.0 Å². The summed E-state index contributed by atoms with van der Waals surface area (Å²) >= 11 is 0. The van der Waals surface area contributed by atoms with Crippen LogP contribution in [-0.2, 0) is 9.53 Å². The summed E-state index contributed by atoms with van der Waals surface area (Å²) < 4.78 is 4.89. The summed E-state index contributed by atoms with van der Waals surface area (Å²) in [5, 5.41) is 3.45. The molecule has 3 nitrogen and oxygen atoms in total. The highest BCUT2D eigenvalue weighted by atomic mass is 16.5. The van der Waals surface area contributed by atoms with Crippen molar-refractivity contribution in [1.29, 1.82) is 0 Å². The molecular weight excluding hydrogens is 238 g/mol. The fraction of sp³-hybridized carbons (Fsp3) is 0.562. The SMILES string of the molecule is COC(=O)[C@@H](NC(c1ccccc1)C(C)C)C(C)C. The fourth-order valence-electron chi connectivity index (χ4n) is 2.19. The lowest BCUT2D eigenvalue weighted by Crippen LogP contribution is -2.45. The number of carbonyl (C=O) groups excluding carboxylic acids is 1. The summed E-state index contributed by atoms with van der Waals surface area (Å²) in [6.45, 7) is 8.35. The quantitative estimate of drug-likeness (QED) is 0.801. The van der Waals surface area contributed by atoms with Crippen molar-refractivity contribution in [2.24, 2.45) is 11.8 Å². The third-order valence-electron chi connectivity index (χ3n) is 3.31. The molecule has 1 rings (SSSR count). The van der Waals surface area contributed by atoms with Gasteiger partial charge in [0, 0.05) is 6.04 Å². The highest BCUT2D eigenvalue weighted by Crippen LogP contribution is 2.23. The monoisotopic (exact) mass is 263 g/mol. The zero-order chi connectivity index (χ0) is 14.4. The molecule has 1 N–H and O–H groups in total. The van der Waals surface area contributed by atoms with E-state index in [1.54, 1.807) is 0 Å². The van der Waals surface area contributed by atoms with Crippen LogP contribution < -0.4 is 5.32 Å². The predicted octanol–water partition coefficient (Wildman–Crippen LogP) is 3.17. The second-order valence-corrected chi connectivity index (χ2v) is 5.54. The number of esters is 1. The number of hydrogen-bond acceptors (Lipinski definition) is 3. The van der Waals surface area contributed by atoms with Gasteiger partial charge in [0.2, 0.25) is 0 Å². The summed E-state index contributed by atoms with van der Waals surface area (Å²) in [4.78, 5) is 11.9. The largest absolute Gasteiger partial charge is 0.468 e. The van der Waals surface area contributed by atoms with Crippen LogP contribution in [0, 0.1) is 11.8 Å². The first-order valence-electron chi connectivity index (χ1n) is 6.86. The van der Waals surface area contributed by atoms with E-state index in [2.05, 4.69) is 31.3 Å². The summed E-state index contributed by atoms with van der Waals surface area (Å²) in [5.74, 6) is 0.391. The topological polar surface area (TPSA) is 38.3 Å². The van der Waals surface area contributed by atoms with Gasteiger partial charge in [0.15, 0.2) is 0 Å². The lowest BCUT2D eigenvalue weighted by Gasteiger charge is -2.29. The Kier molecular flexibility index (Phi) is 6.03. The Bertz CT molecular complexity index is 387. The maximum atomic E-state index is 11.9.